The average molecular weight is 265 g/mol. The molecule has 3 aromatic heterocycles. The summed E-state index contributed by atoms with van der Waals surface area (Å²) in [6.45, 7) is 0. The minimum absolute atomic E-state index is 0.246. The van der Waals surface area contributed by atoms with Gasteiger partial charge in [-0.2, -0.15) is 5.10 Å². The van der Waals surface area contributed by atoms with Crippen LogP contribution in [0, 0.1) is 0 Å². The average Bonchev–Trinajstić information content (AvgIpc) is 2.99. The highest BCUT2D eigenvalue weighted by molar-refractivity contribution is 6.03. The van der Waals surface area contributed by atoms with Gasteiger partial charge in [-0.1, -0.05) is 0 Å². The second-order valence-electron chi connectivity index (χ2n) is 4.09. The van der Waals surface area contributed by atoms with Crippen LogP contribution in [-0.2, 0) is 0 Å². The molecule has 0 radical (unpaired) electrons. The van der Waals surface area contributed by atoms with Crippen LogP contribution in [0.1, 0.15) is 10.5 Å². The lowest BCUT2D eigenvalue weighted by molar-refractivity contribution is 0.102. The molecule has 1 amide bonds. The van der Waals surface area contributed by atoms with Gasteiger partial charge in [0.2, 0.25) is 0 Å². The summed E-state index contributed by atoms with van der Waals surface area (Å²) >= 11 is 0. The summed E-state index contributed by atoms with van der Waals surface area (Å²) < 4.78 is 0. The number of carbonyl (C=O) groups is 1. The Morgan fingerprint density at radius 3 is 2.35 bits per heavy atom. The number of pyridine rings is 2. The number of amides is 1. The third kappa shape index (κ3) is 2.54. The minimum atomic E-state index is -0.246. The largest absolute Gasteiger partial charge is 0.321 e. The molecule has 0 unspecified atom stereocenters. The van der Waals surface area contributed by atoms with E-state index in [0.29, 0.717) is 17.1 Å². The van der Waals surface area contributed by atoms with Crippen LogP contribution in [0.2, 0.25) is 0 Å². The second-order valence-corrected chi connectivity index (χ2v) is 4.09. The van der Waals surface area contributed by atoms with Crippen molar-refractivity contribution in [2.45, 2.75) is 0 Å². The molecule has 2 N–H and O–H groups in total. The molecule has 0 spiro atoms. The summed E-state index contributed by atoms with van der Waals surface area (Å²) in [5.74, 6) is -0.246. The number of H-pyrrole nitrogens is 1. The zero-order valence-corrected chi connectivity index (χ0v) is 10.4. The Morgan fingerprint density at radius 1 is 1.00 bits per heavy atom. The molecule has 6 heteroatoms. The highest BCUT2D eigenvalue weighted by Crippen LogP contribution is 2.16. The Kier molecular flexibility index (Phi) is 3.20. The van der Waals surface area contributed by atoms with Crippen molar-refractivity contribution >= 4 is 11.6 Å². The molecule has 0 aromatic carbocycles. The molecule has 0 bridgehead atoms. The van der Waals surface area contributed by atoms with E-state index in [2.05, 4.69) is 25.5 Å². The van der Waals surface area contributed by atoms with E-state index in [0.717, 1.165) is 5.56 Å². The normalized spacial score (nSPS) is 10.2. The van der Waals surface area contributed by atoms with Gasteiger partial charge in [0.05, 0.1) is 5.69 Å². The maximum absolute atomic E-state index is 12.0. The van der Waals surface area contributed by atoms with E-state index in [1.54, 1.807) is 43.0 Å². The van der Waals surface area contributed by atoms with Crippen molar-refractivity contribution in [1.82, 2.24) is 20.2 Å². The SMILES string of the molecule is O=C(Nc1ccncc1)c1cc(-c2ccncc2)n[nH]1. The van der Waals surface area contributed by atoms with Crippen LogP contribution in [0.4, 0.5) is 5.69 Å². The predicted molar refractivity (Wildman–Crippen MR) is 74.0 cm³/mol. The third-order valence-corrected chi connectivity index (χ3v) is 2.74. The minimum Gasteiger partial charge on any atom is -0.321 e. The monoisotopic (exact) mass is 265 g/mol. The van der Waals surface area contributed by atoms with Crippen LogP contribution < -0.4 is 5.32 Å². The van der Waals surface area contributed by atoms with Crippen LogP contribution in [0.3, 0.4) is 0 Å². The first-order valence-corrected chi connectivity index (χ1v) is 6.00. The van der Waals surface area contributed by atoms with Crippen LogP contribution in [0.15, 0.2) is 55.1 Å². The van der Waals surface area contributed by atoms with Crippen molar-refractivity contribution in [1.29, 1.82) is 0 Å². The van der Waals surface area contributed by atoms with Gasteiger partial charge < -0.3 is 5.32 Å². The number of aromatic nitrogens is 4. The topological polar surface area (TPSA) is 83.6 Å². The van der Waals surface area contributed by atoms with Crippen LogP contribution in [0.5, 0.6) is 0 Å². The molecule has 0 saturated heterocycles. The first-order valence-electron chi connectivity index (χ1n) is 6.00. The molecule has 0 aliphatic rings. The summed E-state index contributed by atoms with van der Waals surface area (Å²) in [6.07, 6.45) is 6.59. The van der Waals surface area contributed by atoms with Gasteiger partial charge in [0.25, 0.3) is 5.91 Å². The van der Waals surface area contributed by atoms with E-state index >= 15 is 0 Å². The van der Waals surface area contributed by atoms with E-state index in [-0.39, 0.29) is 5.91 Å². The number of hydrogen-bond acceptors (Lipinski definition) is 4. The van der Waals surface area contributed by atoms with Gasteiger partial charge in [-0.25, -0.2) is 0 Å². The number of rotatable bonds is 3. The number of nitrogens with one attached hydrogen (secondary N) is 2. The molecule has 0 aliphatic carbocycles. The van der Waals surface area contributed by atoms with E-state index in [1.807, 2.05) is 12.1 Å². The fraction of sp³-hybridized carbons (Fsp3) is 0. The number of anilines is 1. The van der Waals surface area contributed by atoms with E-state index in [9.17, 15) is 4.79 Å². The Bertz CT molecular complexity index is 709. The maximum Gasteiger partial charge on any atom is 0.273 e. The van der Waals surface area contributed by atoms with Crippen molar-refractivity contribution in [3.05, 3.63) is 60.8 Å². The molecule has 3 aromatic rings. The zero-order valence-electron chi connectivity index (χ0n) is 10.4. The zero-order chi connectivity index (χ0) is 13.8. The Labute approximate surface area is 114 Å². The molecular weight excluding hydrogens is 254 g/mol. The summed E-state index contributed by atoms with van der Waals surface area (Å²) in [5, 5.41) is 9.61. The summed E-state index contributed by atoms with van der Waals surface area (Å²) in [6, 6.07) is 8.81. The molecule has 20 heavy (non-hydrogen) atoms. The lowest BCUT2D eigenvalue weighted by Crippen LogP contribution is -2.12. The molecule has 98 valence electrons. The lowest BCUT2D eigenvalue weighted by atomic mass is 10.2. The molecule has 0 atom stereocenters. The third-order valence-electron chi connectivity index (χ3n) is 2.74. The first kappa shape index (κ1) is 12.0. The quantitative estimate of drug-likeness (QED) is 0.759. The van der Waals surface area contributed by atoms with Crippen LogP contribution in [0.25, 0.3) is 11.3 Å². The predicted octanol–water partition coefficient (Wildman–Crippen LogP) is 2.12. The van der Waals surface area contributed by atoms with Gasteiger partial charge in [-0.3, -0.25) is 19.9 Å². The molecule has 3 heterocycles. The van der Waals surface area contributed by atoms with Gasteiger partial charge in [0.15, 0.2) is 0 Å². The molecule has 3 rings (SSSR count). The van der Waals surface area contributed by atoms with Gasteiger partial charge in [0.1, 0.15) is 5.69 Å². The van der Waals surface area contributed by atoms with Crippen LogP contribution in [-0.4, -0.2) is 26.1 Å². The Hall–Kier alpha value is -3.02. The molecule has 6 nitrogen and oxygen atoms in total. The number of carbonyl (C=O) groups excluding carboxylic acids is 1. The molecule has 0 aliphatic heterocycles. The summed E-state index contributed by atoms with van der Waals surface area (Å²) in [7, 11) is 0. The Morgan fingerprint density at radius 2 is 1.65 bits per heavy atom. The Balaban J connectivity index is 1.79. The van der Waals surface area contributed by atoms with Crippen molar-refractivity contribution in [3.63, 3.8) is 0 Å². The van der Waals surface area contributed by atoms with Gasteiger partial charge in [0, 0.05) is 36.0 Å². The van der Waals surface area contributed by atoms with Crippen molar-refractivity contribution in [2.75, 3.05) is 5.32 Å². The van der Waals surface area contributed by atoms with Crippen molar-refractivity contribution in [3.8, 4) is 11.3 Å². The van der Waals surface area contributed by atoms with Gasteiger partial charge >= 0.3 is 0 Å². The number of nitrogens with zero attached hydrogens (tertiary/aromatic N) is 3. The van der Waals surface area contributed by atoms with E-state index in [4.69, 9.17) is 0 Å². The van der Waals surface area contributed by atoms with Gasteiger partial charge in [-0.15, -0.1) is 0 Å². The van der Waals surface area contributed by atoms with E-state index < -0.39 is 0 Å². The van der Waals surface area contributed by atoms with E-state index in [1.165, 1.54) is 0 Å². The number of aromatic amines is 1. The van der Waals surface area contributed by atoms with Gasteiger partial charge in [-0.05, 0) is 30.3 Å². The first-order chi connectivity index (χ1) is 9.83. The number of hydrogen-bond donors (Lipinski definition) is 2. The highest BCUT2D eigenvalue weighted by atomic mass is 16.1. The summed E-state index contributed by atoms with van der Waals surface area (Å²) in [4.78, 5) is 19.9. The maximum atomic E-state index is 12.0. The molecule has 0 saturated carbocycles. The second kappa shape index (κ2) is 5.31. The summed E-state index contributed by atoms with van der Waals surface area (Å²) in [5.41, 5.74) is 2.69. The highest BCUT2D eigenvalue weighted by Gasteiger charge is 2.11. The molecule has 0 fully saturated rings. The fourth-order valence-corrected chi connectivity index (χ4v) is 1.74. The molecular formula is C14H11N5O. The smallest absolute Gasteiger partial charge is 0.273 e. The standard InChI is InChI=1S/C14H11N5O/c20-14(17-11-3-7-16-8-4-11)13-9-12(18-19-13)10-1-5-15-6-2-10/h1-9H,(H,18,19)(H,16,17,20). The fourth-order valence-electron chi connectivity index (χ4n) is 1.74. The van der Waals surface area contributed by atoms with Crippen molar-refractivity contribution in [2.24, 2.45) is 0 Å². The van der Waals surface area contributed by atoms with Crippen LogP contribution >= 0.6 is 0 Å². The lowest BCUT2D eigenvalue weighted by Gasteiger charge is -2.01. The van der Waals surface area contributed by atoms with Crippen molar-refractivity contribution < 1.29 is 4.79 Å².